The summed E-state index contributed by atoms with van der Waals surface area (Å²) in [5, 5.41) is 0. The van der Waals surface area contributed by atoms with Crippen molar-refractivity contribution in [3.63, 3.8) is 0 Å². The highest BCUT2D eigenvalue weighted by Crippen LogP contribution is 2.25. The van der Waals surface area contributed by atoms with Gasteiger partial charge in [0.25, 0.3) is 0 Å². The van der Waals surface area contributed by atoms with E-state index >= 15 is 0 Å². The van der Waals surface area contributed by atoms with Crippen LogP contribution in [0.5, 0.6) is 0 Å². The molecule has 1 aliphatic rings. The van der Waals surface area contributed by atoms with Gasteiger partial charge < -0.3 is 4.74 Å². The highest BCUT2D eigenvalue weighted by atomic mass is 16.5. The lowest BCUT2D eigenvalue weighted by atomic mass is 10.1. The molecular formula is C10H19NO2. The summed E-state index contributed by atoms with van der Waals surface area (Å²) >= 11 is 0. The molecule has 0 radical (unpaired) electrons. The van der Waals surface area contributed by atoms with Crippen molar-refractivity contribution in [1.82, 2.24) is 4.90 Å². The van der Waals surface area contributed by atoms with Gasteiger partial charge in [0.2, 0.25) is 0 Å². The molecule has 13 heavy (non-hydrogen) atoms. The Morgan fingerprint density at radius 2 is 2.23 bits per heavy atom. The monoisotopic (exact) mass is 185 g/mol. The molecular weight excluding hydrogens is 166 g/mol. The van der Waals surface area contributed by atoms with Crippen molar-refractivity contribution in [2.45, 2.75) is 44.7 Å². The van der Waals surface area contributed by atoms with Crippen LogP contribution in [0.25, 0.3) is 0 Å². The van der Waals surface area contributed by atoms with Gasteiger partial charge in [-0.3, -0.25) is 9.69 Å². The zero-order valence-corrected chi connectivity index (χ0v) is 8.75. The molecule has 0 aromatic rings. The van der Waals surface area contributed by atoms with E-state index in [2.05, 4.69) is 11.8 Å². The molecule has 0 amide bonds. The molecule has 1 saturated heterocycles. The lowest BCUT2D eigenvalue weighted by molar-refractivity contribution is -0.145. The summed E-state index contributed by atoms with van der Waals surface area (Å²) in [6, 6.07) is 0.579. The number of hydrogen-bond acceptors (Lipinski definition) is 3. The molecule has 0 aliphatic carbocycles. The van der Waals surface area contributed by atoms with E-state index < -0.39 is 0 Å². The highest BCUT2D eigenvalue weighted by molar-refractivity contribution is 5.76. The van der Waals surface area contributed by atoms with Crippen molar-refractivity contribution in [2.75, 3.05) is 14.2 Å². The van der Waals surface area contributed by atoms with Crippen LogP contribution in [0.15, 0.2) is 0 Å². The maximum atomic E-state index is 11.3. The standard InChI is InChI=1S/C10H19NO2/c1-4-5-8-6-7-9(11(8)2)10(12)13-3/h8-9H,4-7H2,1-3H3/t8-,9+/m1/s1. The van der Waals surface area contributed by atoms with Gasteiger partial charge in [-0.15, -0.1) is 0 Å². The van der Waals surface area contributed by atoms with E-state index in [-0.39, 0.29) is 12.0 Å². The molecule has 0 spiro atoms. The van der Waals surface area contributed by atoms with Crippen molar-refractivity contribution in [3.05, 3.63) is 0 Å². The maximum Gasteiger partial charge on any atom is 0.323 e. The molecule has 3 nitrogen and oxygen atoms in total. The summed E-state index contributed by atoms with van der Waals surface area (Å²) in [7, 11) is 3.48. The van der Waals surface area contributed by atoms with Gasteiger partial charge in [-0.2, -0.15) is 0 Å². The first-order chi connectivity index (χ1) is 6.20. The zero-order chi connectivity index (χ0) is 9.84. The average Bonchev–Trinajstić information content (AvgIpc) is 2.48. The number of ether oxygens (including phenoxy) is 1. The van der Waals surface area contributed by atoms with E-state index in [4.69, 9.17) is 4.74 Å². The minimum Gasteiger partial charge on any atom is -0.468 e. The first-order valence-electron chi connectivity index (χ1n) is 5.00. The molecule has 1 aliphatic heterocycles. The number of likely N-dealkylation sites (N-methyl/N-ethyl adjacent to an activating group) is 1. The minimum atomic E-state index is -0.0823. The van der Waals surface area contributed by atoms with Crippen LogP contribution in [0.2, 0.25) is 0 Å². The smallest absolute Gasteiger partial charge is 0.323 e. The fourth-order valence-corrected chi connectivity index (χ4v) is 2.11. The minimum absolute atomic E-state index is 0.00144. The second-order valence-corrected chi connectivity index (χ2v) is 3.72. The summed E-state index contributed by atoms with van der Waals surface area (Å²) in [5.74, 6) is -0.0823. The first kappa shape index (κ1) is 10.5. The normalized spacial score (nSPS) is 29.2. The largest absolute Gasteiger partial charge is 0.468 e. The first-order valence-corrected chi connectivity index (χ1v) is 5.00. The summed E-state index contributed by atoms with van der Waals surface area (Å²) in [4.78, 5) is 13.5. The Morgan fingerprint density at radius 3 is 2.77 bits per heavy atom. The Bertz CT molecular complexity index is 182. The van der Waals surface area contributed by atoms with Gasteiger partial charge in [0.1, 0.15) is 6.04 Å². The van der Waals surface area contributed by atoms with Gasteiger partial charge in [-0.05, 0) is 26.3 Å². The Balaban J connectivity index is 2.49. The lowest BCUT2D eigenvalue weighted by Crippen LogP contribution is -2.38. The van der Waals surface area contributed by atoms with Crippen LogP contribution >= 0.6 is 0 Å². The van der Waals surface area contributed by atoms with Crippen LogP contribution in [0.3, 0.4) is 0 Å². The quantitative estimate of drug-likeness (QED) is 0.623. The third-order valence-electron chi connectivity index (χ3n) is 2.94. The van der Waals surface area contributed by atoms with Gasteiger partial charge in [0, 0.05) is 6.04 Å². The van der Waals surface area contributed by atoms with E-state index in [1.54, 1.807) is 0 Å². The topological polar surface area (TPSA) is 29.5 Å². The number of carbonyl (C=O) groups is 1. The predicted molar refractivity (Wildman–Crippen MR) is 51.5 cm³/mol. The SMILES string of the molecule is CCC[C@@H]1CC[C@@H](C(=O)OC)N1C. The number of carbonyl (C=O) groups excluding carboxylic acids is 1. The Morgan fingerprint density at radius 1 is 1.54 bits per heavy atom. The van der Waals surface area contributed by atoms with E-state index in [1.165, 1.54) is 20.0 Å². The van der Waals surface area contributed by atoms with E-state index in [0.29, 0.717) is 6.04 Å². The number of hydrogen-bond donors (Lipinski definition) is 0. The summed E-state index contributed by atoms with van der Waals surface area (Å²) < 4.78 is 4.75. The summed E-state index contributed by atoms with van der Waals surface area (Å²) in [6.07, 6.45) is 4.45. The van der Waals surface area contributed by atoms with Crippen LogP contribution in [0, 0.1) is 0 Å². The summed E-state index contributed by atoms with van der Waals surface area (Å²) in [6.45, 7) is 2.18. The second kappa shape index (κ2) is 4.61. The fourth-order valence-electron chi connectivity index (χ4n) is 2.11. The van der Waals surface area contributed by atoms with Gasteiger partial charge in [0.05, 0.1) is 7.11 Å². The van der Waals surface area contributed by atoms with Gasteiger partial charge >= 0.3 is 5.97 Å². The number of likely N-dealkylation sites (tertiary alicyclic amines) is 1. The Labute approximate surface area is 80.1 Å². The number of rotatable bonds is 3. The van der Waals surface area contributed by atoms with E-state index in [1.807, 2.05) is 7.05 Å². The molecule has 1 fully saturated rings. The van der Waals surface area contributed by atoms with Crippen LogP contribution in [-0.2, 0) is 9.53 Å². The van der Waals surface area contributed by atoms with Crippen LogP contribution in [-0.4, -0.2) is 37.1 Å². The van der Waals surface area contributed by atoms with Crippen molar-refractivity contribution in [3.8, 4) is 0 Å². The van der Waals surface area contributed by atoms with Gasteiger partial charge in [-0.25, -0.2) is 0 Å². The lowest BCUT2D eigenvalue weighted by Gasteiger charge is -2.23. The second-order valence-electron chi connectivity index (χ2n) is 3.72. The molecule has 0 saturated carbocycles. The van der Waals surface area contributed by atoms with Crippen LogP contribution in [0.1, 0.15) is 32.6 Å². The van der Waals surface area contributed by atoms with Crippen molar-refractivity contribution < 1.29 is 9.53 Å². The Kier molecular flexibility index (Phi) is 3.72. The molecule has 1 rings (SSSR count). The predicted octanol–water partition coefficient (Wildman–Crippen LogP) is 1.42. The third kappa shape index (κ3) is 2.21. The van der Waals surface area contributed by atoms with Crippen molar-refractivity contribution in [1.29, 1.82) is 0 Å². The molecule has 3 heteroatoms. The number of methoxy groups -OCH3 is 1. The van der Waals surface area contributed by atoms with Gasteiger partial charge in [-0.1, -0.05) is 13.3 Å². The third-order valence-corrected chi connectivity index (χ3v) is 2.94. The van der Waals surface area contributed by atoms with Crippen LogP contribution in [0.4, 0.5) is 0 Å². The summed E-state index contributed by atoms with van der Waals surface area (Å²) in [5.41, 5.74) is 0. The molecule has 76 valence electrons. The number of nitrogens with zero attached hydrogens (tertiary/aromatic N) is 1. The Hall–Kier alpha value is -0.570. The van der Waals surface area contributed by atoms with E-state index in [0.717, 1.165) is 12.8 Å². The maximum absolute atomic E-state index is 11.3. The van der Waals surface area contributed by atoms with Crippen molar-refractivity contribution >= 4 is 5.97 Å². The molecule has 2 atom stereocenters. The zero-order valence-electron chi connectivity index (χ0n) is 8.75. The number of esters is 1. The fraction of sp³-hybridized carbons (Fsp3) is 0.900. The molecule has 1 heterocycles. The molecule has 0 unspecified atom stereocenters. The van der Waals surface area contributed by atoms with Crippen molar-refractivity contribution in [2.24, 2.45) is 0 Å². The van der Waals surface area contributed by atoms with Crippen LogP contribution < -0.4 is 0 Å². The molecule has 0 bridgehead atoms. The van der Waals surface area contributed by atoms with E-state index in [9.17, 15) is 4.79 Å². The molecule has 0 aromatic carbocycles. The average molecular weight is 185 g/mol. The molecule has 0 aromatic heterocycles. The van der Waals surface area contributed by atoms with Gasteiger partial charge in [0.15, 0.2) is 0 Å². The molecule has 0 N–H and O–H groups in total. The highest BCUT2D eigenvalue weighted by Gasteiger charge is 2.34.